The molecule has 3 N–H and O–H groups in total. The Morgan fingerprint density at radius 3 is 2.38 bits per heavy atom. The van der Waals surface area contributed by atoms with Crippen LogP contribution >= 0.6 is 0 Å². The molecule has 0 saturated heterocycles. The molecule has 0 unspecified atom stereocenters. The molecule has 2 heterocycles. The number of allylic oxidation sites excluding steroid dienone is 1. The fourth-order valence-electron chi connectivity index (χ4n) is 2.99. The van der Waals surface area contributed by atoms with E-state index in [2.05, 4.69) is 11.4 Å². The van der Waals surface area contributed by atoms with Crippen LogP contribution in [0.4, 0.5) is 5.82 Å². The Balaban J connectivity index is 2.41. The first kappa shape index (κ1) is 15.6. The number of nitrogens with two attached hydrogens (primary N) is 1. The zero-order valence-electron chi connectivity index (χ0n) is 13.6. The maximum absolute atomic E-state index is 12.7. The molecule has 0 spiro atoms. The number of aryl methyl sites for hydroxylation is 1. The summed E-state index contributed by atoms with van der Waals surface area (Å²) in [4.78, 5) is 24.9. The minimum atomic E-state index is -0.614. The number of fused-ring (bicyclic) bond motifs is 1. The minimum Gasteiger partial charge on any atom is -0.384 e. The monoisotopic (exact) mass is 323 g/mol. The highest BCUT2D eigenvalue weighted by molar-refractivity contribution is 5.64. The molecule has 0 fully saturated rings. The van der Waals surface area contributed by atoms with Crippen molar-refractivity contribution in [3.8, 4) is 6.07 Å². The summed E-state index contributed by atoms with van der Waals surface area (Å²) in [5, 5.41) is 12.4. The van der Waals surface area contributed by atoms with Crippen LogP contribution in [-0.2, 0) is 14.1 Å². The van der Waals surface area contributed by atoms with Crippen molar-refractivity contribution >= 4 is 5.82 Å². The van der Waals surface area contributed by atoms with Gasteiger partial charge in [-0.15, -0.1) is 0 Å². The van der Waals surface area contributed by atoms with Gasteiger partial charge in [-0.05, 0) is 12.5 Å². The molecule has 1 aromatic carbocycles. The molecule has 0 amide bonds. The predicted molar refractivity (Wildman–Crippen MR) is 90.4 cm³/mol. The smallest absolute Gasteiger partial charge is 0.332 e. The Kier molecular flexibility index (Phi) is 3.53. The van der Waals surface area contributed by atoms with E-state index in [-0.39, 0.29) is 11.4 Å². The van der Waals surface area contributed by atoms with Gasteiger partial charge >= 0.3 is 5.69 Å². The van der Waals surface area contributed by atoms with E-state index in [4.69, 9.17) is 5.73 Å². The summed E-state index contributed by atoms with van der Waals surface area (Å²) >= 11 is 0. The fourth-order valence-corrected chi connectivity index (χ4v) is 2.99. The number of nitrogens with one attached hydrogen (secondary N) is 1. The first-order valence-corrected chi connectivity index (χ1v) is 7.40. The van der Waals surface area contributed by atoms with Gasteiger partial charge in [0.05, 0.1) is 23.1 Å². The zero-order valence-corrected chi connectivity index (χ0v) is 13.6. The highest BCUT2D eigenvalue weighted by atomic mass is 16.2. The van der Waals surface area contributed by atoms with Crippen molar-refractivity contribution in [2.75, 3.05) is 5.32 Å². The van der Waals surface area contributed by atoms with Crippen molar-refractivity contribution in [2.24, 2.45) is 19.8 Å². The van der Waals surface area contributed by atoms with Crippen LogP contribution in [0.25, 0.3) is 0 Å². The molecule has 1 aliphatic rings. The topological polar surface area (TPSA) is 106 Å². The van der Waals surface area contributed by atoms with Crippen LogP contribution in [0.3, 0.4) is 0 Å². The molecule has 0 radical (unpaired) electrons. The van der Waals surface area contributed by atoms with Crippen LogP contribution in [0.15, 0.2) is 45.2 Å². The number of rotatable bonds is 1. The van der Waals surface area contributed by atoms with Gasteiger partial charge in [-0.1, -0.05) is 29.8 Å². The summed E-state index contributed by atoms with van der Waals surface area (Å²) in [6.45, 7) is 1.96. The quantitative estimate of drug-likeness (QED) is 0.801. The molecule has 0 bridgehead atoms. The van der Waals surface area contributed by atoms with E-state index >= 15 is 0 Å². The first-order chi connectivity index (χ1) is 11.4. The van der Waals surface area contributed by atoms with Gasteiger partial charge in [-0.25, -0.2) is 4.79 Å². The highest BCUT2D eigenvalue weighted by Crippen LogP contribution is 2.37. The number of hydrogen-bond donors (Lipinski definition) is 2. The van der Waals surface area contributed by atoms with Crippen LogP contribution < -0.4 is 22.3 Å². The van der Waals surface area contributed by atoms with Crippen molar-refractivity contribution in [3.63, 3.8) is 0 Å². The average molecular weight is 323 g/mol. The Morgan fingerprint density at radius 2 is 1.79 bits per heavy atom. The molecule has 0 saturated carbocycles. The van der Waals surface area contributed by atoms with E-state index in [0.717, 1.165) is 15.7 Å². The van der Waals surface area contributed by atoms with Crippen LogP contribution in [0.1, 0.15) is 22.6 Å². The zero-order chi connectivity index (χ0) is 17.6. The van der Waals surface area contributed by atoms with Gasteiger partial charge in [0.2, 0.25) is 0 Å². The SMILES string of the molecule is Cc1ccc([C@H]2C(C#N)=C(N)Nc3c2c(=O)n(C)c(=O)n3C)cc1. The lowest BCUT2D eigenvalue weighted by Crippen LogP contribution is -2.43. The van der Waals surface area contributed by atoms with Crippen LogP contribution in [0.2, 0.25) is 0 Å². The van der Waals surface area contributed by atoms with Gasteiger partial charge < -0.3 is 11.1 Å². The molecule has 3 rings (SSSR count). The van der Waals surface area contributed by atoms with Crippen LogP contribution in [-0.4, -0.2) is 9.13 Å². The number of anilines is 1. The van der Waals surface area contributed by atoms with Crippen LogP contribution in [0, 0.1) is 18.3 Å². The van der Waals surface area contributed by atoms with E-state index in [1.165, 1.54) is 11.6 Å². The van der Waals surface area contributed by atoms with E-state index in [1.807, 2.05) is 31.2 Å². The minimum absolute atomic E-state index is 0.152. The van der Waals surface area contributed by atoms with Gasteiger partial charge in [0.25, 0.3) is 5.56 Å². The number of hydrogen-bond acceptors (Lipinski definition) is 5. The van der Waals surface area contributed by atoms with Crippen LogP contribution in [0.5, 0.6) is 0 Å². The Labute approximate surface area is 138 Å². The molecule has 1 atom stereocenters. The summed E-state index contributed by atoms with van der Waals surface area (Å²) in [6, 6.07) is 9.65. The van der Waals surface area contributed by atoms with E-state index in [9.17, 15) is 14.9 Å². The summed E-state index contributed by atoms with van der Waals surface area (Å²) in [7, 11) is 2.98. The normalized spacial score (nSPS) is 16.3. The number of nitriles is 1. The van der Waals surface area contributed by atoms with Gasteiger partial charge in [-0.3, -0.25) is 13.9 Å². The van der Waals surface area contributed by atoms with Gasteiger partial charge in [0.15, 0.2) is 0 Å². The third-order valence-electron chi connectivity index (χ3n) is 4.35. The second-order valence-electron chi connectivity index (χ2n) is 5.88. The maximum Gasteiger partial charge on any atom is 0.332 e. The van der Waals surface area contributed by atoms with Crippen molar-refractivity contribution in [3.05, 3.63) is 73.2 Å². The molecule has 24 heavy (non-hydrogen) atoms. The second kappa shape index (κ2) is 5.42. The lowest BCUT2D eigenvalue weighted by Gasteiger charge is -2.28. The van der Waals surface area contributed by atoms with E-state index in [0.29, 0.717) is 11.4 Å². The summed E-state index contributed by atoms with van der Waals surface area (Å²) < 4.78 is 2.37. The number of nitrogens with zero attached hydrogens (tertiary/aromatic N) is 3. The van der Waals surface area contributed by atoms with E-state index < -0.39 is 17.2 Å². The third-order valence-corrected chi connectivity index (χ3v) is 4.35. The molecule has 7 nitrogen and oxygen atoms in total. The molecule has 1 aromatic heterocycles. The van der Waals surface area contributed by atoms with Crippen molar-refractivity contribution < 1.29 is 0 Å². The second-order valence-corrected chi connectivity index (χ2v) is 5.88. The molecule has 1 aliphatic heterocycles. The fraction of sp³-hybridized carbons (Fsp3) is 0.235. The molecule has 2 aromatic rings. The lowest BCUT2D eigenvalue weighted by molar-refractivity contribution is 0.664. The first-order valence-electron chi connectivity index (χ1n) is 7.40. The number of benzene rings is 1. The van der Waals surface area contributed by atoms with Gasteiger partial charge in [-0.2, -0.15) is 5.26 Å². The van der Waals surface area contributed by atoms with Crippen molar-refractivity contribution in [1.82, 2.24) is 9.13 Å². The lowest BCUT2D eigenvalue weighted by atomic mass is 9.83. The molecule has 0 aliphatic carbocycles. The Bertz CT molecular complexity index is 1020. The van der Waals surface area contributed by atoms with Crippen molar-refractivity contribution in [2.45, 2.75) is 12.8 Å². The number of aromatic nitrogens is 2. The van der Waals surface area contributed by atoms with Crippen molar-refractivity contribution in [1.29, 1.82) is 5.26 Å². The molecular weight excluding hydrogens is 306 g/mol. The largest absolute Gasteiger partial charge is 0.384 e. The summed E-state index contributed by atoms with van der Waals surface area (Å²) in [6.07, 6.45) is 0. The summed E-state index contributed by atoms with van der Waals surface area (Å²) in [5.74, 6) is -0.138. The standard InChI is InChI=1S/C17H17N5O2/c1-9-4-6-10(7-5-9)12-11(8-18)14(19)20-15-13(12)16(23)22(3)17(24)21(15)2/h4-7,12,20H,19H2,1-3H3/t12-/m0/s1. The average Bonchev–Trinajstić information content (AvgIpc) is 2.57. The maximum atomic E-state index is 12.7. The molecular formula is C17H17N5O2. The molecule has 122 valence electrons. The predicted octanol–water partition coefficient (Wildman–Crippen LogP) is 0.644. The Morgan fingerprint density at radius 1 is 1.17 bits per heavy atom. The third kappa shape index (κ3) is 2.12. The Hall–Kier alpha value is -3.27. The molecule has 7 heteroatoms. The van der Waals surface area contributed by atoms with E-state index in [1.54, 1.807) is 7.05 Å². The highest BCUT2D eigenvalue weighted by Gasteiger charge is 2.33. The van der Waals surface area contributed by atoms with Gasteiger partial charge in [0.1, 0.15) is 11.6 Å². The van der Waals surface area contributed by atoms with Gasteiger partial charge in [0, 0.05) is 14.1 Å². The summed E-state index contributed by atoms with van der Waals surface area (Å²) in [5.41, 5.74) is 7.55.